The topological polar surface area (TPSA) is 68.7 Å². The maximum atomic E-state index is 10.6. The SMILES string of the molecule is COCCOc1ccc(-c2ccc(CC(=O)O)cn2)cc1. The molecule has 0 unspecified atom stereocenters. The summed E-state index contributed by atoms with van der Waals surface area (Å²) in [6.45, 7) is 1.06. The van der Waals surface area contributed by atoms with Gasteiger partial charge in [-0.15, -0.1) is 0 Å². The minimum atomic E-state index is -0.859. The first-order valence-electron chi connectivity index (χ1n) is 6.58. The number of nitrogens with zero attached hydrogens (tertiary/aromatic N) is 1. The molecule has 110 valence electrons. The Labute approximate surface area is 123 Å². The van der Waals surface area contributed by atoms with E-state index in [-0.39, 0.29) is 6.42 Å². The molecule has 0 spiro atoms. The second-order valence-corrected chi connectivity index (χ2v) is 4.49. The number of hydrogen-bond donors (Lipinski definition) is 1. The van der Waals surface area contributed by atoms with Gasteiger partial charge in [0, 0.05) is 18.9 Å². The van der Waals surface area contributed by atoms with Gasteiger partial charge >= 0.3 is 5.97 Å². The number of carbonyl (C=O) groups is 1. The van der Waals surface area contributed by atoms with Crippen molar-refractivity contribution in [3.63, 3.8) is 0 Å². The van der Waals surface area contributed by atoms with Gasteiger partial charge in [0.15, 0.2) is 0 Å². The number of methoxy groups -OCH3 is 1. The average Bonchev–Trinajstić information content (AvgIpc) is 2.49. The molecule has 0 bridgehead atoms. The fourth-order valence-corrected chi connectivity index (χ4v) is 1.84. The van der Waals surface area contributed by atoms with E-state index < -0.39 is 5.97 Å². The van der Waals surface area contributed by atoms with E-state index in [0.29, 0.717) is 18.8 Å². The van der Waals surface area contributed by atoms with Gasteiger partial charge in [-0.1, -0.05) is 6.07 Å². The average molecular weight is 287 g/mol. The summed E-state index contributed by atoms with van der Waals surface area (Å²) in [5, 5.41) is 8.72. The second-order valence-electron chi connectivity index (χ2n) is 4.49. The Bertz CT molecular complexity index is 578. The van der Waals surface area contributed by atoms with Gasteiger partial charge in [-0.05, 0) is 35.9 Å². The first-order valence-corrected chi connectivity index (χ1v) is 6.58. The molecule has 2 rings (SSSR count). The summed E-state index contributed by atoms with van der Waals surface area (Å²) < 4.78 is 10.4. The monoisotopic (exact) mass is 287 g/mol. The molecule has 0 radical (unpaired) electrons. The minimum Gasteiger partial charge on any atom is -0.491 e. The zero-order valence-corrected chi connectivity index (χ0v) is 11.8. The smallest absolute Gasteiger partial charge is 0.307 e. The van der Waals surface area contributed by atoms with Crippen LogP contribution in [0.2, 0.25) is 0 Å². The zero-order valence-electron chi connectivity index (χ0n) is 11.8. The Balaban J connectivity index is 2.02. The number of aromatic nitrogens is 1. The molecule has 0 fully saturated rings. The van der Waals surface area contributed by atoms with Crippen molar-refractivity contribution in [3.05, 3.63) is 48.2 Å². The lowest BCUT2D eigenvalue weighted by atomic mass is 10.1. The number of carboxylic acids is 1. The fraction of sp³-hybridized carbons (Fsp3) is 0.250. The van der Waals surface area contributed by atoms with Crippen molar-refractivity contribution in [3.8, 4) is 17.0 Å². The molecule has 5 heteroatoms. The highest BCUT2D eigenvalue weighted by Crippen LogP contribution is 2.21. The highest BCUT2D eigenvalue weighted by molar-refractivity contribution is 5.70. The van der Waals surface area contributed by atoms with Crippen LogP contribution < -0.4 is 4.74 Å². The molecule has 0 aliphatic carbocycles. The fourth-order valence-electron chi connectivity index (χ4n) is 1.84. The van der Waals surface area contributed by atoms with Crippen molar-refractivity contribution in [1.82, 2.24) is 4.98 Å². The summed E-state index contributed by atoms with van der Waals surface area (Å²) >= 11 is 0. The lowest BCUT2D eigenvalue weighted by Gasteiger charge is -2.07. The van der Waals surface area contributed by atoms with Gasteiger partial charge in [-0.3, -0.25) is 9.78 Å². The molecule has 21 heavy (non-hydrogen) atoms. The van der Waals surface area contributed by atoms with Crippen molar-refractivity contribution in [2.45, 2.75) is 6.42 Å². The van der Waals surface area contributed by atoms with Gasteiger partial charge in [0.1, 0.15) is 12.4 Å². The maximum absolute atomic E-state index is 10.6. The van der Waals surface area contributed by atoms with Crippen LogP contribution >= 0.6 is 0 Å². The molecule has 5 nitrogen and oxygen atoms in total. The highest BCUT2D eigenvalue weighted by atomic mass is 16.5. The van der Waals surface area contributed by atoms with Gasteiger partial charge in [0.25, 0.3) is 0 Å². The standard InChI is InChI=1S/C16H17NO4/c1-20-8-9-21-14-5-3-13(4-6-14)15-7-2-12(11-17-15)10-16(18)19/h2-7,11H,8-10H2,1H3,(H,18,19). The number of carboxylic acid groups (broad SMARTS) is 1. The van der Waals surface area contributed by atoms with Crippen LogP contribution in [-0.4, -0.2) is 36.4 Å². The molecule has 0 atom stereocenters. The van der Waals surface area contributed by atoms with E-state index in [1.54, 1.807) is 19.4 Å². The molecule has 0 aliphatic heterocycles. The van der Waals surface area contributed by atoms with Crippen LogP contribution in [0.25, 0.3) is 11.3 Å². The molecule has 0 amide bonds. The Morgan fingerprint density at radius 1 is 1.14 bits per heavy atom. The molecule has 0 saturated heterocycles. The summed E-state index contributed by atoms with van der Waals surface area (Å²) in [6, 6.07) is 11.2. The van der Waals surface area contributed by atoms with E-state index in [0.717, 1.165) is 17.0 Å². The van der Waals surface area contributed by atoms with Crippen molar-refractivity contribution in [2.75, 3.05) is 20.3 Å². The second kappa shape index (κ2) is 7.40. The van der Waals surface area contributed by atoms with Crippen LogP contribution in [-0.2, 0) is 16.0 Å². The summed E-state index contributed by atoms with van der Waals surface area (Å²) in [7, 11) is 1.63. The van der Waals surface area contributed by atoms with E-state index in [4.69, 9.17) is 14.6 Å². The van der Waals surface area contributed by atoms with Crippen LogP contribution in [0.15, 0.2) is 42.6 Å². The van der Waals surface area contributed by atoms with Crippen LogP contribution in [0.1, 0.15) is 5.56 Å². The van der Waals surface area contributed by atoms with Crippen LogP contribution in [0.3, 0.4) is 0 Å². The van der Waals surface area contributed by atoms with Crippen molar-refractivity contribution in [1.29, 1.82) is 0 Å². The van der Waals surface area contributed by atoms with Crippen molar-refractivity contribution < 1.29 is 19.4 Å². The molecular weight excluding hydrogens is 270 g/mol. The number of hydrogen-bond acceptors (Lipinski definition) is 4. The third-order valence-electron chi connectivity index (χ3n) is 2.89. The Morgan fingerprint density at radius 3 is 2.48 bits per heavy atom. The number of benzene rings is 1. The lowest BCUT2D eigenvalue weighted by molar-refractivity contribution is -0.136. The van der Waals surface area contributed by atoms with Gasteiger partial charge in [0.2, 0.25) is 0 Å². The molecule has 0 aliphatic rings. The summed E-state index contributed by atoms with van der Waals surface area (Å²) in [6.07, 6.45) is 1.58. The Morgan fingerprint density at radius 2 is 1.90 bits per heavy atom. The summed E-state index contributed by atoms with van der Waals surface area (Å²) in [4.78, 5) is 14.9. The minimum absolute atomic E-state index is 0.0143. The van der Waals surface area contributed by atoms with Gasteiger partial charge in [0.05, 0.1) is 18.7 Å². The molecule has 1 N–H and O–H groups in total. The van der Waals surface area contributed by atoms with Crippen molar-refractivity contribution in [2.24, 2.45) is 0 Å². The first kappa shape index (κ1) is 15.0. The summed E-state index contributed by atoms with van der Waals surface area (Å²) in [5.74, 6) is -0.0830. The number of ether oxygens (including phenoxy) is 2. The molecule has 1 aromatic carbocycles. The normalized spacial score (nSPS) is 10.3. The zero-order chi connectivity index (χ0) is 15.1. The maximum Gasteiger partial charge on any atom is 0.307 e. The first-order chi connectivity index (χ1) is 10.2. The quantitative estimate of drug-likeness (QED) is 0.792. The van der Waals surface area contributed by atoms with E-state index in [9.17, 15) is 4.79 Å². The molecule has 1 aromatic heterocycles. The lowest BCUT2D eigenvalue weighted by Crippen LogP contribution is -2.04. The Hall–Kier alpha value is -2.40. The number of rotatable bonds is 7. The van der Waals surface area contributed by atoms with Gasteiger partial charge < -0.3 is 14.6 Å². The van der Waals surface area contributed by atoms with Crippen LogP contribution in [0.5, 0.6) is 5.75 Å². The molecule has 2 aromatic rings. The highest BCUT2D eigenvalue weighted by Gasteiger charge is 2.03. The third kappa shape index (κ3) is 4.57. The van der Waals surface area contributed by atoms with Gasteiger partial charge in [-0.25, -0.2) is 0 Å². The molecular formula is C16H17NO4. The van der Waals surface area contributed by atoms with E-state index in [2.05, 4.69) is 4.98 Å². The summed E-state index contributed by atoms with van der Waals surface area (Å²) in [5.41, 5.74) is 2.44. The predicted octanol–water partition coefficient (Wildman–Crippen LogP) is 2.40. The van der Waals surface area contributed by atoms with E-state index in [1.807, 2.05) is 30.3 Å². The van der Waals surface area contributed by atoms with Crippen LogP contribution in [0, 0.1) is 0 Å². The van der Waals surface area contributed by atoms with E-state index >= 15 is 0 Å². The molecule has 0 saturated carbocycles. The third-order valence-corrected chi connectivity index (χ3v) is 2.89. The number of aliphatic carboxylic acids is 1. The van der Waals surface area contributed by atoms with E-state index in [1.165, 1.54) is 0 Å². The largest absolute Gasteiger partial charge is 0.491 e. The number of pyridine rings is 1. The Kier molecular flexibility index (Phi) is 5.29. The van der Waals surface area contributed by atoms with Crippen LogP contribution in [0.4, 0.5) is 0 Å². The molecule has 1 heterocycles. The van der Waals surface area contributed by atoms with Crippen molar-refractivity contribution >= 4 is 5.97 Å². The van der Waals surface area contributed by atoms with Gasteiger partial charge in [-0.2, -0.15) is 0 Å². The predicted molar refractivity (Wildman–Crippen MR) is 78.4 cm³/mol.